The van der Waals surface area contributed by atoms with Gasteiger partial charge in [0.05, 0.1) is 13.3 Å². The Balaban J connectivity index is 0.000000715. The van der Waals surface area contributed by atoms with Crippen molar-refractivity contribution in [2.75, 3.05) is 59.9 Å². The molecule has 0 unspecified atom stereocenters. The molecule has 4 rings (SSSR count). The molecule has 0 spiro atoms. The van der Waals surface area contributed by atoms with Gasteiger partial charge in [0.15, 0.2) is 16.6 Å². The summed E-state index contributed by atoms with van der Waals surface area (Å²) in [5, 5.41) is 16.0. The molecule has 2 aromatic rings. The highest BCUT2D eigenvalue weighted by molar-refractivity contribution is 6.84. The van der Waals surface area contributed by atoms with Gasteiger partial charge in [-0.1, -0.05) is 156 Å². The van der Waals surface area contributed by atoms with Crippen molar-refractivity contribution in [3.63, 3.8) is 0 Å². The van der Waals surface area contributed by atoms with Crippen LogP contribution < -0.4 is 41.4 Å². The maximum absolute atomic E-state index is 12.1. The molecule has 0 aliphatic heterocycles. The number of nitrogens with one attached hydrogen (secondary N) is 6. The molecule has 0 saturated heterocycles. The van der Waals surface area contributed by atoms with Crippen LogP contribution in [0.3, 0.4) is 0 Å². The number of benzene rings is 2. The number of amides is 5. The van der Waals surface area contributed by atoms with Gasteiger partial charge in [0.1, 0.15) is 37.9 Å². The van der Waals surface area contributed by atoms with Crippen LogP contribution in [0.25, 0.3) is 0 Å². The first-order valence-corrected chi connectivity index (χ1v) is 35.8. The molecule has 2 aliphatic carbocycles. The van der Waals surface area contributed by atoms with Crippen LogP contribution in [0.4, 0.5) is 14.4 Å². The first-order chi connectivity index (χ1) is 36.7. The maximum atomic E-state index is 12.1. The minimum atomic E-state index is -1.82. The summed E-state index contributed by atoms with van der Waals surface area (Å²) in [5.74, 6) is 5.26. The second-order valence-corrected chi connectivity index (χ2v) is 32.2. The van der Waals surface area contributed by atoms with Crippen LogP contribution >= 0.6 is 0 Å². The molecule has 2 aliphatic rings. The summed E-state index contributed by atoms with van der Waals surface area (Å²) in [7, 11) is -1.55. The lowest BCUT2D eigenvalue weighted by Crippen LogP contribution is -2.45. The van der Waals surface area contributed by atoms with Gasteiger partial charge in [0.25, 0.3) is 0 Å². The van der Waals surface area contributed by atoms with E-state index in [1.165, 1.54) is 96.8 Å². The zero-order valence-electron chi connectivity index (χ0n) is 50.2. The predicted molar refractivity (Wildman–Crippen MR) is 320 cm³/mol. The number of unbranched alkanes of at least 4 members (excludes halogenated alkanes) is 5. The normalized spacial score (nSPS) is 17.5. The highest BCUT2D eigenvalue weighted by Gasteiger charge is 2.32. The molecular weight excluding hydrogens is 1000 g/mol. The molecule has 17 heteroatoms. The minimum absolute atomic E-state index is 0.00414. The molecule has 440 valence electrons. The summed E-state index contributed by atoms with van der Waals surface area (Å²) in [6.45, 7) is 25.9. The summed E-state index contributed by atoms with van der Waals surface area (Å²) in [6, 6.07) is 17.2. The number of hydrogen-bond donors (Lipinski definition) is 6. The lowest BCUT2D eigenvalue weighted by molar-refractivity contribution is -0.119. The topological polar surface area (TPSA) is 187 Å². The molecule has 2 fully saturated rings. The van der Waals surface area contributed by atoms with Crippen LogP contribution in [0.15, 0.2) is 48.5 Å². The lowest BCUT2D eigenvalue weighted by atomic mass is 9.74. The average molecular weight is 1110 g/mol. The smallest absolute Gasteiger partial charge is 0.408 e. The van der Waals surface area contributed by atoms with Crippen molar-refractivity contribution in [3.8, 4) is 11.5 Å². The van der Waals surface area contributed by atoms with E-state index >= 15 is 0 Å². The Morgan fingerprint density at radius 3 is 1.36 bits per heavy atom. The summed E-state index contributed by atoms with van der Waals surface area (Å²) in [6.07, 6.45) is 22.9. The van der Waals surface area contributed by atoms with Crippen LogP contribution in [-0.2, 0) is 23.8 Å². The molecule has 5 amide bonds. The third kappa shape index (κ3) is 33.0. The molecule has 15 nitrogen and oxygen atoms in total. The fraction of sp³-hybridized carbons (Fsp3) is 0.733. The zero-order valence-corrected chi connectivity index (χ0v) is 52.2. The Kier molecular flexibility index (Phi) is 34.9. The van der Waals surface area contributed by atoms with Gasteiger partial charge in [-0.2, -0.15) is 0 Å². The van der Waals surface area contributed by atoms with Crippen LogP contribution in [0.5, 0.6) is 11.5 Å². The van der Waals surface area contributed by atoms with E-state index < -0.39 is 28.8 Å². The number of urea groups is 1. The third-order valence-electron chi connectivity index (χ3n) is 14.8. The van der Waals surface area contributed by atoms with E-state index in [1.807, 2.05) is 55.6 Å². The summed E-state index contributed by atoms with van der Waals surface area (Å²) in [4.78, 5) is 46.6. The van der Waals surface area contributed by atoms with Crippen molar-refractivity contribution < 1.29 is 42.2 Å². The van der Waals surface area contributed by atoms with Gasteiger partial charge in [-0.25, -0.2) is 14.4 Å². The first-order valence-electron chi connectivity index (χ1n) is 29.6. The molecule has 0 bridgehead atoms. The van der Waals surface area contributed by atoms with Gasteiger partial charge in [0.2, 0.25) is 5.91 Å². The van der Waals surface area contributed by atoms with Gasteiger partial charge >= 0.3 is 18.2 Å². The third-order valence-corrected chi connectivity index (χ3v) is 22.3. The second-order valence-electron chi connectivity index (χ2n) is 23.3. The molecular formula is C60H108N6O9Si2. The standard InChI is InChI=1S/C37H62N6O9Si2.C15H28.C8H18/c1-29(44)40-27-42-35(46)50-23-21-48-32-15-11-30(12-16-32)37(2,3)31-13-17-33(18-14-31)49-22-24-51-36(47)43-28-41-34(45)39-20-10-26-54(7,8)52-53(5,6)25-9-19-38-4;1-12-3-7-14(8-4-12)11-15-9-5-13(2)6-10-15;1-3-5-7-8-6-4-2/h11-18,38H,9-10,19-28H2,1-8H3,(H,40,44)(H,42,46)(H,43,47)(H2,39,41,45);12-15H,3-11H2,1-2H3;3-8H2,1-2H3. The highest BCUT2D eigenvalue weighted by atomic mass is 28.4. The number of alkyl carbamates (subject to hydrolysis) is 2. The molecule has 0 atom stereocenters. The molecule has 2 aromatic carbocycles. The van der Waals surface area contributed by atoms with E-state index in [4.69, 9.17) is 23.1 Å². The fourth-order valence-corrected chi connectivity index (χ4v) is 18.9. The Labute approximate surface area is 469 Å². The number of ether oxygens (including phenoxy) is 4. The predicted octanol–water partition coefficient (Wildman–Crippen LogP) is 13.4. The molecule has 2 saturated carbocycles. The SMILES string of the molecule is CC1CCC(CC2CCC(C)CC2)CC1.CCCCCCCC.CNCCC[Si](C)(C)O[Si](C)(C)CCCNC(=O)NCNC(=O)OCCOc1ccc(C(C)(C)c2ccc(OCCOC(=O)NCNC(C)=O)cc2)cc1. The Bertz CT molecular complexity index is 1860. The molecule has 0 radical (unpaired) electrons. The van der Waals surface area contributed by atoms with Crippen molar-refractivity contribution >= 4 is 40.8 Å². The van der Waals surface area contributed by atoms with Crippen LogP contribution in [0.2, 0.25) is 38.3 Å². The van der Waals surface area contributed by atoms with E-state index in [2.05, 4.69) is 99.6 Å². The molecule has 0 aromatic heterocycles. The van der Waals surface area contributed by atoms with Crippen LogP contribution in [0, 0.1) is 23.7 Å². The number of rotatable bonds is 31. The van der Waals surface area contributed by atoms with Gasteiger partial charge in [-0.15, -0.1) is 0 Å². The van der Waals surface area contributed by atoms with Crippen molar-refractivity contribution in [3.05, 3.63) is 59.7 Å². The Morgan fingerprint density at radius 2 is 0.961 bits per heavy atom. The van der Waals surface area contributed by atoms with Crippen molar-refractivity contribution in [2.24, 2.45) is 23.7 Å². The lowest BCUT2D eigenvalue weighted by Gasteiger charge is -2.34. The van der Waals surface area contributed by atoms with E-state index in [0.717, 1.165) is 66.3 Å². The fourth-order valence-electron chi connectivity index (χ4n) is 10.0. The molecule has 6 N–H and O–H groups in total. The number of carbonyl (C=O) groups is 4. The van der Waals surface area contributed by atoms with E-state index in [9.17, 15) is 19.2 Å². The van der Waals surface area contributed by atoms with Gasteiger partial charge in [-0.05, 0) is 130 Å². The zero-order chi connectivity index (χ0) is 57.0. The average Bonchev–Trinajstić information content (AvgIpc) is 3.38. The van der Waals surface area contributed by atoms with Crippen LogP contribution in [-0.4, -0.2) is 101 Å². The number of carbonyl (C=O) groups excluding carboxylic acids is 4. The van der Waals surface area contributed by atoms with E-state index in [0.29, 0.717) is 18.0 Å². The second kappa shape index (κ2) is 39.1. The van der Waals surface area contributed by atoms with Gasteiger partial charge in [0, 0.05) is 18.9 Å². The Hall–Kier alpha value is -4.33. The molecule has 77 heavy (non-hydrogen) atoms. The summed E-state index contributed by atoms with van der Waals surface area (Å²) < 4.78 is 28.2. The maximum Gasteiger partial charge on any atom is 0.408 e. The summed E-state index contributed by atoms with van der Waals surface area (Å²) >= 11 is 0. The largest absolute Gasteiger partial charge is 0.490 e. The highest BCUT2D eigenvalue weighted by Crippen LogP contribution is 2.38. The first kappa shape index (κ1) is 68.8. The van der Waals surface area contributed by atoms with E-state index in [1.54, 1.807) is 6.42 Å². The summed E-state index contributed by atoms with van der Waals surface area (Å²) in [5.41, 5.74) is 1.84. The quantitative estimate of drug-likeness (QED) is 0.0241. The number of hydrogen-bond acceptors (Lipinski definition) is 10. The Morgan fingerprint density at radius 1 is 0.545 bits per heavy atom. The van der Waals surface area contributed by atoms with Gasteiger partial charge in [-0.3, -0.25) is 4.79 Å². The molecule has 0 heterocycles. The van der Waals surface area contributed by atoms with Crippen molar-refractivity contribution in [1.29, 1.82) is 0 Å². The van der Waals surface area contributed by atoms with Crippen molar-refractivity contribution in [1.82, 2.24) is 31.9 Å². The van der Waals surface area contributed by atoms with Crippen LogP contribution in [0.1, 0.15) is 169 Å². The van der Waals surface area contributed by atoms with Gasteiger partial charge < -0.3 is 55.0 Å². The minimum Gasteiger partial charge on any atom is -0.490 e. The van der Waals surface area contributed by atoms with Crippen molar-refractivity contribution in [2.45, 2.75) is 201 Å². The van der Waals surface area contributed by atoms with E-state index in [-0.39, 0.29) is 57.1 Å². The monoisotopic (exact) mass is 1110 g/mol.